The minimum absolute atomic E-state index is 0.106. The molecule has 18 heavy (non-hydrogen) atoms. The summed E-state index contributed by atoms with van der Waals surface area (Å²) in [5.41, 5.74) is 7.91. The fourth-order valence-electron chi connectivity index (χ4n) is 1.63. The topological polar surface area (TPSA) is 48.1 Å². The molecule has 1 atom stereocenters. The second-order valence-corrected chi connectivity index (χ2v) is 5.05. The summed E-state index contributed by atoms with van der Waals surface area (Å²) >= 11 is 3.46. The minimum Gasteiger partial charge on any atom is -0.439 e. The molecule has 0 bridgehead atoms. The molecular formula is C14H15BrN2O. The van der Waals surface area contributed by atoms with Gasteiger partial charge < -0.3 is 10.5 Å². The quantitative estimate of drug-likeness (QED) is 0.933. The van der Waals surface area contributed by atoms with Gasteiger partial charge in [0.25, 0.3) is 0 Å². The third-order valence-corrected chi connectivity index (χ3v) is 3.52. The van der Waals surface area contributed by atoms with Crippen LogP contribution in [0, 0.1) is 6.92 Å². The van der Waals surface area contributed by atoms with Gasteiger partial charge in [-0.2, -0.15) is 0 Å². The molecule has 0 fully saturated rings. The molecule has 4 heteroatoms. The number of rotatable bonds is 3. The van der Waals surface area contributed by atoms with Crippen LogP contribution in [-0.4, -0.2) is 4.98 Å². The summed E-state index contributed by atoms with van der Waals surface area (Å²) < 4.78 is 6.85. The predicted molar refractivity (Wildman–Crippen MR) is 75.8 cm³/mol. The molecule has 0 spiro atoms. The molecule has 0 aliphatic heterocycles. The first kappa shape index (κ1) is 13.1. The van der Waals surface area contributed by atoms with Gasteiger partial charge in [0.1, 0.15) is 5.75 Å². The Morgan fingerprint density at radius 1 is 1.33 bits per heavy atom. The highest BCUT2D eigenvalue weighted by Crippen LogP contribution is 2.28. The average molecular weight is 307 g/mol. The number of nitrogens with two attached hydrogens (primary N) is 1. The van der Waals surface area contributed by atoms with Crippen molar-refractivity contribution in [2.75, 3.05) is 0 Å². The molecule has 0 amide bonds. The minimum atomic E-state index is -0.106. The molecule has 3 nitrogen and oxygen atoms in total. The first-order chi connectivity index (χ1) is 8.58. The Bertz CT molecular complexity index is 555. The summed E-state index contributed by atoms with van der Waals surface area (Å²) in [6, 6.07) is 9.50. The van der Waals surface area contributed by atoms with Crippen LogP contribution in [0.25, 0.3) is 0 Å². The monoisotopic (exact) mass is 306 g/mol. The number of nitrogens with zero attached hydrogens (tertiary/aromatic N) is 1. The molecule has 0 radical (unpaired) electrons. The maximum Gasteiger partial charge on any atom is 0.223 e. The normalized spacial score (nSPS) is 12.2. The number of aryl methyl sites for hydroxylation is 1. The highest BCUT2D eigenvalue weighted by atomic mass is 79.9. The van der Waals surface area contributed by atoms with E-state index in [0.717, 1.165) is 21.3 Å². The van der Waals surface area contributed by atoms with Gasteiger partial charge in [0.05, 0.1) is 0 Å². The molecule has 0 saturated heterocycles. The Hall–Kier alpha value is -1.39. The number of hydrogen-bond donors (Lipinski definition) is 1. The van der Waals surface area contributed by atoms with E-state index in [-0.39, 0.29) is 6.04 Å². The van der Waals surface area contributed by atoms with Gasteiger partial charge in [-0.1, -0.05) is 22.0 Å². The van der Waals surface area contributed by atoms with Crippen molar-refractivity contribution in [2.45, 2.75) is 19.9 Å². The molecule has 94 valence electrons. The van der Waals surface area contributed by atoms with Gasteiger partial charge in [0.15, 0.2) is 0 Å². The van der Waals surface area contributed by atoms with E-state index >= 15 is 0 Å². The predicted octanol–water partition coefficient (Wildman–Crippen LogP) is 3.96. The summed E-state index contributed by atoms with van der Waals surface area (Å²) in [7, 11) is 0. The summed E-state index contributed by atoms with van der Waals surface area (Å²) in [4.78, 5) is 4.23. The molecule has 1 heterocycles. The van der Waals surface area contributed by atoms with E-state index in [1.807, 2.05) is 44.2 Å². The number of ether oxygens (including phenoxy) is 1. The molecule has 0 aliphatic rings. The van der Waals surface area contributed by atoms with E-state index in [0.29, 0.717) is 5.88 Å². The third kappa shape index (κ3) is 2.89. The van der Waals surface area contributed by atoms with Crippen molar-refractivity contribution in [1.29, 1.82) is 0 Å². The van der Waals surface area contributed by atoms with Crippen LogP contribution in [0.4, 0.5) is 0 Å². The van der Waals surface area contributed by atoms with Gasteiger partial charge in [-0.05, 0) is 43.7 Å². The Balaban J connectivity index is 2.31. The molecule has 0 saturated carbocycles. The molecule has 2 N–H and O–H groups in total. The lowest BCUT2D eigenvalue weighted by Crippen LogP contribution is -2.07. The number of hydrogen-bond acceptors (Lipinski definition) is 3. The Morgan fingerprint density at radius 2 is 2.11 bits per heavy atom. The fraction of sp³-hybridized carbons (Fsp3) is 0.214. The number of benzene rings is 1. The van der Waals surface area contributed by atoms with Crippen molar-refractivity contribution >= 4 is 15.9 Å². The highest BCUT2D eigenvalue weighted by molar-refractivity contribution is 9.10. The van der Waals surface area contributed by atoms with Crippen molar-refractivity contribution in [3.63, 3.8) is 0 Å². The molecular weight excluding hydrogens is 292 g/mol. The average Bonchev–Trinajstić information content (AvgIpc) is 2.34. The van der Waals surface area contributed by atoms with E-state index in [1.165, 1.54) is 0 Å². The van der Waals surface area contributed by atoms with Gasteiger partial charge in [0.2, 0.25) is 5.88 Å². The van der Waals surface area contributed by atoms with E-state index < -0.39 is 0 Å². The van der Waals surface area contributed by atoms with Crippen molar-refractivity contribution in [2.24, 2.45) is 5.73 Å². The van der Waals surface area contributed by atoms with Gasteiger partial charge in [-0.15, -0.1) is 0 Å². The molecule has 2 rings (SSSR count). The van der Waals surface area contributed by atoms with Crippen LogP contribution in [0.1, 0.15) is 24.1 Å². The molecule has 0 aliphatic carbocycles. The summed E-state index contributed by atoms with van der Waals surface area (Å²) in [5.74, 6) is 1.32. The summed E-state index contributed by atoms with van der Waals surface area (Å²) in [6.45, 7) is 3.93. The van der Waals surface area contributed by atoms with Crippen molar-refractivity contribution in [3.05, 3.63) is 52.1 Å². The second kappa shape index (κ2) is 5.50. The first-order valence-corrected chi connectivity index (χ1v) is 6.51. The van der Waals surface area contributed by atoms with E-state index in [4.69, 9.17) is 10.5 Å². The van der Waals surface area contributed by atoms with Crippen LogP contribution in [0.15, 0.2) is 41.0 Å². The van der Waals surface area contributed by atoms with Crippen LogP contribution < -0.4 is 10.5 Å². The van der Waals surface area contributed by atoms with Gasteiger partial charge in [-0.25, -0.2) is 4.98 Å². The molecule has 2 aromatic rings. The molecule has 1 aromatic carbocycles. The van der Waals surface area contributed by atoms with Crippen molar-refractivity contribution in [3.8, 4) is 11.6 Å². The zero-order valence-electron chi connectivity index (χ0n) is 10.4. The molecule has 1 aromatic heterocycles. The highest BCUT2D eigenvalue weighted by Gasteiger charge is 2.10. The number of aromatic nitrogens is 1. The van der Waals surface area contributed by atoms with E-state index in [1.54, 1.807) is 6.20 Å². The van der Waals surface area contributed by atoms with Crippen molar-refractivity contribution < 1.29 is 4.74 Å². The maximum absolute atomic E-state index is 5.89. The van der Waals surface area contributed by atoms with E-state index in [2.05, 4.69) is 20.9 Å². The fourth-order valence-corrected chi connectivity index (χ4v) is 1.87. The zero-order valence-corrected chi connectivity index (χ0v) is 11.9. The third-order valence-electron chi connectivity index (χ3n) is 2.64. The summed E-state index contributed by atoms with van der Waals surface area (Å²) in [6.07, 6.45) is 1.70. The van der Waals surface area contributed by atoms with Gasteiger partial charge in [0, 0.05) is 22.3 Å². The van der Waals surface area contributed by atoms with Crippen LogP contribution in [0.2, 0.25) is 0 Å². The largest absolute Gasteiger partial charge is 0.439 e. The lowest BCUT2D eigenvalue weighted by molar-refractivity contribution is 0.451. The lowest BCUT2D eigenvalue weighted by Gasteiger charge is -2.12. The van der Waals surface area contributed by atoms with Crippen LogP contribution >= 0.6 is 15.9 Å². The van der Waals surface area contributed by atoms with E-state index in [9.17, 15) is 0 Å². The first-order valence-electron chi connectivity index (χ1n) is 5.72. The second-order valence-electron chi connectivity index (χ2n) is 4.20. The molecule has 0 unspecified atom stereocenters. The Morgan fingerprint density at radius 3 is 2.78 bits per heavy atom. The lowest BCUT2D eigenvalue weighted by atomic mass is 10.1. The summed E-state index contributed by atoms with van der Waals surface area (Å²) in [5, 5.41) is 0. The SMILES string of the molecule is Cc1cc(Oc2ncccc2[C@@H](C)N)ccc1Br. The smallest absolute Gasteiger partial charge is 0.223 e. The number of halogens is 1. The standard InChI is InChI=1S/C14H15BrN2O/c1-9-8-11(5-6-13(9)15)18-14-12(10(2)16)4-3-7-17-14/h3-8,10H,16H2,1-2H3/t10-/m1/s1. The van der Waals surface area contributed by atoms with Gasteiger partial charge in [-0.3, -0.25) is 0 Å². The van der Waals surface area contributed by atoms with Crippen LogP contribution in [0.5, 0.6) is 11.6 Å². The maximum atomic E-state index is 5.89. The van der Waals surface area contributed by atoms with Crippen LogP contribution in [-0.2, 0) is 0 Å². The van der Waals surface area contributed by atoms with Crippen molar-refractivity contribution in [1.82, 2.24) is 4.98 Å². The Kier molecular flexibility index (Phi) is 3.99. The van der Waals surface area contributed by atoms with Gasteiger partial charge >= 0.3 is 0 Å². The Labute approximate surface area is 115 Å². The van der Waals surface area contributed by atoms with Crippen LogP contribution in [0.3, 0.4) is 0 Å². The zero-order chi connectivity index (χ0) is 13.1. The number of pyridine rings is 1.